The Morgan fingerprint density at radius 3 is 2.82 bits per heavy atom. The molecule has 2 unspecified atom stereocenters. The van der Waals surface area contributed by atoms with E-state index >= 15 is 0 Å². The number of phenolic OH excluding ortho intramolecular Hbond substituents is 1. The third-order valence-electron chi connectivity index (χ3n) is 3.10. The Bertz CT molecular complexity index is 663. The third kappa shape index (κ3) is 3.70. The van der Waals surface area contributed by atoms with Gasteiger partial charge in [0.15, 0.2) is 5.75 Å². The highest BCUT2D eigenvalue weighted by molar-refractivity contribution is 8.01. The number of halogens is 1. The van der Waals surface area contributed by atoms with Crippen LogP contribution in [-0.2, 0) is 4.79 Å². The number of alkyl halides is 1. The average molecular weight is 344 g/mol. The molecule has 1 aromatic carbocycles. The van der Waals surface area contributed by atoms with Gasteiger partial charge in [-0.15, -0.1) is 0 Å². The van der Waals surface area contributed by atoms with Crippen molar-refractivity contribution < 1.29 is 14.8 Å². The number of amides is 1. The van der Waals surface area contributed by atoms with E-state index in [-0.39, 0.29) is 5.91 Å². The van der Waals surface area contributed by atoms with Crippen LogP contribution in [0, 0.1) is 10.1 Å². The van der Waals surface area contributed by atoms with Gasteiger partial charge in [0.05, 0.1) is 15.9 Å². The van der Waals surface area contributed by atoms with Crippen LogP contribution in [0.3, 0.4) is 0 Å². The number of benzene rings is 1. The first-order valence-corrected chi connectivity index (χ1v) is 7.53. The summed E-state index contributed by atoms with van der Waals surface area (Å²) in [5.74, 6) is -1.38. The topological polar surface area (TPSA) is 104 Å². The first kappa shape index (κ1) is 16.6. The highest BCUT2D eigenvalue weighted by Crippen LogP contribution is 2.32. The quantitative estimate of drug-likeness (QED) is 0.255. The molecule has 0 bridgehead atoms. The number of aromatic hydroxyl groups is 1. The Balaban J connectivity index is 2.14. The van der Waals surface area contributed by atoms with Gasteiger partial charge in [-0.05, 0) is 43.5 Å². The minimum absolute atomic E-state index is 0.324. The van der Waals surface area contributed by atoms with Gasteiger partial charge in [0.25, 0.3) is 0 Å². The molecule has 0 saturated carbocycles. The van der Waals surface area contributed by atoms with Crippen molar-refractivity contribution in [2.45, 2.75) is 24.8 Å². The Kier molecular flexibility index (Phi) is 4.64. The first-order valence-electron chi connectivity index (χ1n) is 6.33. The van der Waals surface area contributed by atoms with Gasteiger partial charge in [-0.25, -0.2) is 4.72 Å². The van der Waals surface area contributed by atoms with Gasteiger partial charge in [0.1, 0.15) is 5.00 Å². The summed E-state index contributed by atoms with van der Waals surface area (Å²) in [6.45, 7) is 3.37. The molecule has 2 rings (SSSR count). The fraction of sp³-hybridized carbons (Fsp3) is 0.308. The van der Waals surface area contributed by atoms with Crippen LogP contribution in [0.4, 0.5) is 5.69 Å². The first-order chi connectivity index (χ1) is 10.2. The van der Waals surface area contributed by atoms with Gasteiger partial charge in [-0.1, -0.05) is 17.7 Å². The molecule has 0 radical (unpaired) electrons. The SMILES string of the molecule is CC(C(=O)NC1=CC(C)(Cl)NS1)c1ccc(O)c([N+](=O)[O-])c1. The van der Waals surface area contributed by atoms with Crippen LogP contribution < -0.4 is 10.0 Å². The van der Waals surface area contributed by atoms with E-state index in [9.17, 15) is 20.0 Å². The van der Waals surface area contributed by atoms with E-state index in [0.717, 1.165) is 0 Å². The summed E-state index contributed by atoms with van der Waals surface area (Å²) in [6.07, 6.45) is 1.67. The predicted molar refractivity (Wildman–Crippen MR) is 84.4 cm³/mol. The molecule has 1 aliphatic heterocycles. The molecule has 118 valence electrons. The smallest absolute Gasteiger partial charge is 0.310 e. The molecule has 1 aromatic rings. The number of carbonyl (C=O) groups excluding carboxylic acids is 1. The lowest BCUT2D eigenvalue weighted by Crippen LogP contribution is -2.26. The molecule has 1 heterocycles. The number of nitrogens with zero attached hydrogens (tertiary/aromatic N) is 1. The van der Waals surface area contributed by atoms with Gasteiger partial charge in [0.2, 0.25) is 5.91 Å². The average Bonchev–Trinajstić information content (AvgIpc) is 2.77. The standard InChI is InChI=1S/C13H14ClN3O4S/c1-7(8-3-4-10(18)9(5-8)17(20)21)12(19)15-11-6-13(2,14)16-22-11/h3-7,16,18H,1-2H3,(H,15,19). The molecule has 0 saturated heterocycles. The minimum Gasteiger partial charge on any atom is -0.502 e. The maximum atomic E-state index is 12.2. The molecule has 1 aliphatic rings. The summed E-state index contributed by atoms with van der Waals surface area (Å²) in [6, 6.07) is 3.88. The zero-order chi connectivity index (χ0) is 16.5. The summed E-state index contributed by atoms with van der Waals surface area (Å²) < 4.78 is 2.91. The van der Waals surface area contributed by atoms with Crippen molar-refractivity contribution in [2.75, 3.05) is 0 Å². The number of nitrogens with one attached hydrogen (secondary N) is 2. The highest BCUT2D eigenvalue weighted by Gasteiger charge is 2.28. The second-order valence-corrected chi connectivity index (χ2v) is 6.64. The van der Waals surface area contributed by atoms with Crippen molar-refractivity contribution in [3.8, 4) is 5.75 Å². The van der Waals surface area contributed by atoms with Crippen LogP contribution in [0.25, 0.3) is 0 Å². The molecule has 7 nitrogen and oxygen atoms in total. The monoisotopic (exact) mass is 343 g/mol. The largest absolute Gasteiger partial charge is 0.502 e. The Labute approximate surface area is 136 Å². The number of phenols is 1. The van der Waals surface area contributed by atoms with Crippen molar-refractivity contribution >= 4 is 35.1 Å². The van der Waals surface area contributed by atoms with E-state index in [1.165, 1.54) is 30.1 Å². The van der Waals surface area contributed by atoms with E-state index < -0.39 is 27.3 Å². The molecule has 2 atom stereocenters. The van der Waals surface area contributed by atoms with Gasteiger partial charge >= 0.3 is 5.69 Å². The molecule has 0 aliphatic carbocycles. The van der Waals surface area contributed by atoms with Crippen LogP contribution in [0.1, 0.15) is 25.3 Å². The molecule has 3 N–H and O–H groups in total. The third-order valence-corrected chi connectivity index (χ3v) is 4.38. The van der Waals surface area contributed by atoms with Crippen LogP contribution in [0.2, 0.25) is 0 Å². The highest BCUT2D eigenvalue weighted by atomic mass is 35.5. The molecule has 9 heteroatoms. The number of nitro groups is 1. The van der Waals surface area contributed by atoms with Crippen molar-refractivity contribution in [2.24, 2.45) is 0 Å². The lowest BCUT2D eigenvalue weighted by molar-refractivity contribution is -0.385. The van der Waals surface area contributed by atoms with Crippen molar-refractivity contribution in [1.29, 1.82) is 0 Å². The van der Waals surface area contributed by atoms with E-state index in [1.54, 1.807) is 19.9 Å². The summed E-state index contributed by atoms with van der Waals surface area (Å²) >= 11 is 7.25. The zero-order valence-electron chi connectivity index (χ0n) is 11.8. The summed E-state index contributed by atoms with van der Waals surface area (Å²) in [5, 5.41) is 23.5. The van der Waals surface area contributed by atoms with Crippen molar-refractivity contribution in [3.05, 3.63) is 45.0 Å². The molecule has 0 spiro atoms. The number of hydrogen-bond donors (Lipinski definition) is 3. The van der Waals surface area contributed by atoms with Gasteiger partial charge < -0.3 is 10.4 Å². The van der Waals surface area contributed by atoms with Gasteiger partial charge in [0, 0.05) is 6.07 Å². The summed E-state index contributed by atoms with van der Waals surface area (Å²) in [4.78, 5) is 21.6. The van der Waals surface area contributed by atoms with E-state index in [1.807, 2.05) is 0 Å². The zero-order valence-corrected chi connectivity index (χ0v) is 13.4. The molecular weight excluding hydrogens is 330 g/mol. The molecule has 1 amide bonds. The summed E-state index contributed by atoms with van der Waals surface area (Å²) in [7, 11) is 0. The Morgan fingerprint density at radius 2 is 2.27 bits per heavy atom. The number of nitro benzene ring substituents is 1. The number of hydrogen-bond acceptors (Lipinski definition) is 6. The second kappa shape index (κ2) is 6.15. The predicted octanol–water partition coefficient (Wildman–Crippen LogP) is 2.57. The molecule has 22 heavy (non-hydrogen) atoms. The molecular formula is C13H14ClN3O4S. The van der Waals surface area contributed by atoms with Crippen LogP contribution in [0.15, 0.2) is 29.3 Å². The van der Waals surface area contributed by atoms with E-state index in [2.05, 4.69) is 10.0 Å². The van der Waals surface area contributed by atoms with Crippen molar-refractivity contribution in [1.82, 2.24) is 10.0 Å². The Morgan fingerprint density at radius 1 is 1.59 bits per heavy atom. The molecule has 0 aromatic heterocycles. The maximum absolute atomic E-state index is 12.2. The van der Waals surface area contributed by atoms with Gasteiger partial charge in [-0.2, -0.15) is 0 Å². The Hall–Kier alpha value is -1.77. The van der Waals surface area contributed by atoms with Crippen molar-refractivity contribution in [3.63, 3.8) is 0 Å². The van der Waals surface area contributed by atoms with Crippen LogP contribution in [-0.4, -0.2) is 20.9 Å². The summed E-state index contributed by atoms with van der Waals surface area (Å²) in [5.41, 5.74) is 0.00815. The molecule has 0 fully saturated rings. The second-order valence-electron chi connectivity index (χ2n) is 5.00. The van der Waals surface area contributed by atoms with Gasteiger partial charge in [-0.3, -0.25) is 14.9 Å². The maximum Gasteiger partial charge on any atom is 0.310 e. The minimum atomic E-state index is -0.728. The van der Waals surface area contributed by atoms with E-state index in [0.29, 0.717) is 10.6 Å². The number of rotatable bonds is 4. The fourth-order valence-electron chi connectivity index (χ4n) is 1.86. The van der Waals surface area contributed by atoms with Crippen LogP contribution >= 0.6 is 23.5 Å². The number of carbonyl (C=O) groups is 1. The lowest BCUT2D eigenvalue weighted by Gasteiger charge is -2.12. The lowest BCUT2D eigenvalue weighted by atomic mass is 9.99. The normalized spacial score (nSPS) is 22.0. The van der Waals surface area contributed by atoms with Crippen LogP contribution in [0.5, 0.6) is 5.75 Å². The van der Waals surface area contributed by atoms with E-state index in [4.69, 9.17) is 11.6 Å². The fourth-order valence-corrected chi connectivity index (χ4v) is 2.96.